The van der Waals surface area contributed by atoms with Crippen molar-refractivity contribution >= 4 is 5.91 Å². The van der Waals surface area contributed by atoms with E-state index in [1.807, 2.05) is 0 Å². The smallest absolute Gasteiger partial charge is 0.254 e. The van der Waals surface area contributed by atoms with Crippen LogP contribution in [0, 0.1) is 17.8 Å². The molecule has 0 saturated heterocycles. The number of rotatable bonds is 4. The Morgan fingerprint density at radius 2 is 1.83 bits per heavy atom. The molecule has 1 aromatic rings. The van der Waals surface area contributed by atoms with Crippen LogP contribution < -0.4 is 11.1 Å². The monoisotopic (exact) mass is 396 g/mol. The molecule has 29 heavy (non-hydrogen) atoms. The van der Waals surface area contributed by atoms with E-state index in [2.05, 4.69) is 10.3 Å². The molecule has 4 N–H and O–H groups in total. The number of aliphatic hydroxyl groups is 1. The summed E-state index contributed by atoms with van der Waals surface area (Å²) in [6.07, 6.45) is 13.1. The number of nitrogens with one attached hydrogen (secondary N) is 1. The van der Waals surface area contributed by atoms with Crippen molar-refractivity contribution in [2.45, 2.75) is 93.7 Å². The first-order chi connectivity index (χ1) is 13.9. The number of hydrogen-bond acceptors (Lipinski definition) is 5. The highest BCUT2D eigenvalue weighted by Gasteiger charge is 2.55. The fourth-order valence-corrected chi connectivity index (χ4v) is 7.12. The SMILES string of the molecule is NC1(c2ncc(C(=O)NC3C4CC5CC3CC(O)(C5)C4)c(C3CCCC3)n2)CC1. The van der Waals surface area contributed by atoms with Gasteiger partial charge in [-0.15, -0.1) is 0 Å². The molecule has 1 amide bonds. The van der Waals surface area contributed by atoms with Gasteiger partial charge < -0.3 is 16.2 Å². The molecule has 6 saturated carbocycles. The predicted molar refractivity (Wildman–Crippen MR) is 108 cm³/mol. The molecule has 6 aliphatic rings. The molecule has 0 radical (unpaired) electrons. The first kappa shape index (κ1) is 18.3. The van der Waals surface area contributed by atoms with E-state index in [1.54, 1.807) is 6.20 Å². The summed E-state index contributed by atoms with van der Waals surface area (Å²) in [6.45, 7) is 0. The van der Waals surface area contributed by atoms with E-state index in [9.17, 15) is 9.90 Å². The molecular weight excluding hydrogens is 364 g/mol. The number of hydrogen-bond donors (Lipinski definition) is 3. The Bertz CT molecular complexity index is 829. The first-order valence-corrected chi connectivity index (χ1v) is 11.6. The largest absolute Gasteiger partial charge is 0.390 e. The minimum Gasteiger partial charge on any atom is -0.390 e. The van der Waals surface area contributed by atoms with Crippen LogP contribution in [0.4, 0.5) is 0 Å². The van der Waals surface area contributed by atoms with Crippen LogP contribution in [-0.4, -0.2) is 32.6 Å². The lowest BCUT2D eigenvalue weighted by Crippen LogP contribution is -2.61. The van der Waals surface area contributed by atoms with Crippen LogP contribution >= 0.6 is 0 Å². The molecule has 2 atom stereocenters. The van der Waals surface area contributed by atoms with Crippen molar-refractivity contribution in [3.63, 3.8) is 0 Å². The van der Waals surface area contributed by atoms with Crippen molar-refractivity contribution in [1.29, 1.82) is 0 Å². The van der Waals surface area contributed by atoms with Crippen LogP contribution in [-0.2, 0) is 5.54 Å². The molecule has 156 valence electrons. The van der Waals surface area contributed by atoms with Crippen LogP contribution in [0.15, 0.2) is 6.20 Å². The maximum absolute atomic E-state index is 13.4. The van der Waals surface area contributed by atoms with E-state index in [-0.39, 0.29) is 17.5 Å². The normalized spacial score (nSPS) is 39.7. The molecule has 0 aliphatic heterocycles. The van der Waals surface area contributed by atoms with Crippen LogP contribution in [0.3, 0.4) is 0 Å². The molecule has 2 unspecified atom stereocenters. The number of carbonyl (C=O) groups excluding carboxylic acids is 1. The lowest BCUT2D eigenvalue weighted by atomic mass is 9.52. The average molecular weight is 397 g/mol. The second kappa shape index (κ2) is 6.24. The Kier molecular flexibility index (Phi) is 3.93. The number of carbonyl (C=O) groups is 1. The van der Waals surface area contributed by atoms with E-state index in [4.69, 9.17) is 10.7 Å². The molecule has 6 heteroatoms. The molecule has 0 spiro atoms. The summed E-state index contributed by atoms with van der Waals surface area (Å²) in [6, 6.07) is 0.180. The second-order valence-corrected chi connectivity index (χ2v) is 10.8. The molecular formula is C23H32N4O2. The molecule has 4 bridgehead atoms. The summed E-state index contributed by atoms with van der Waals surface area (Å²) in [7, 11) is 0. The van der Waals surface area contributed by atoms with E-state index in [0.717, 1.165) is 63.5 Å². The number of aromatic nitrogens is 2. The van der Waals surface area contributed by atoms with Crippen molar-refractivity contribution in [1.82, 2.24) is 15.3 Å². The third kappa shape index (κ3) is 3.02. The van der Waals surface area contributed by atoms with Gasteiger partial charge in [0.25, 0.3) is 5.91 Å². The molecule has 6 fully saturated rings. The van der Waals surface area contributed by atoms with Gasteiger partial charge in [-0.3, -0.25) is 4.79 Å². The van der Waals surface area contributed by atoms with Crippen LogP contribution in [0.2, 0.25) is 0 Å². The van der Waals surface area contributed by atoms with Crippen molar-refractivity contribution in [3.8, 4) is 0 Å². The lowest BCUT2D eigenvalue weighted by Gasteiger charge is -2.58. The summed E-state index contributed by atoms with van der Waals surface area (Å²) in [5.41, 5.74) is 7.07. The third-order valence-electron chi connectivity index (χ3n) is 8.58. The van der Waals surface area contributed by atoms with E-state index in [1.165, 1.54) is 12.8 Å². The Balaban J connectivity index is 1.27. The fraction of sp³-hybridized carbons (Fsp3) is 0.783. The van der Waals surface area contributed by atoms with E-state index >= 15 is 0 Å². The van der Waals surface area contributed by atoms with Gasteiger partial charge in [-0.05, 0) is 75.5 Å². The maximum atomic E-state index is 13.4. The van der Waals surface area contributed by atoms with Crippen molar-refractivity contribution < 1.29 is 9.90 Å². The van der Waals surface area contributed by atoms with Crippen LogP contribution in [0.5, 0.6) is 0 Å². The van der Waals surface area contributed by atoms with Gasteiger partial charge >= 0.3 is 0 Å². The minimum atomic E-state index is -0.475. The first-order valence-electron chi connectivity index (χ1n) is 11.6. The van der Waals surface area contributed by atoms with Gasteiger partial charge in [-0.25, -0.2) is 9.97 Å². The lowest BCUT2D eigenvalue weighted by molar-refractivity contribution is -0.136. The summed E-state index contributed by atoms with van der Waals surface area (Å²) in [5, 5.41) is 14.2. The second-order valence-electron chi connectivity index (χ2n) is 10.8. The summed E-state index contributed by atoms with van der Waals surface area (Å²) in [5.74, 6) is 2.49. The molecule has 7 rings (SSSR count). The maximum Gasteiger partial charge on any atom is 0.254 e. The van der Waals surface area contributed by atoms with Gasteiger partial charge in [0.15, 0.2) is 0 Å². The molecule has 6 aliphatic carbocycles. The summed E-state index contributed by atoms with van der Waals surface area (Å²) >= 11 is 0. The molecule has 6 nitrogen and oxygen atoms in total. The molecule has 1 heterocycles. The quantitative estimate of drug-likeness (QED) is 0.726. The van der Waals surface area contributed by atoms with Gasteiger partial charge in [0, 0.05) is 18.2 Å². The van der Waals surface area contributed by atoms with Gasteiger partial charge in [-0.2, -0.15) is 0 Å². The van der Waals surface area contributed by atoms with Crippen molar-refractivity contribution in [2.75, 3.05) is 0 Å². The zero-order valence-corrected chi connectivity index (χ0v) is 17.1. The third-order valence-corrected chi connectivity index (χ3v) is 8.58. The highest BCUT2D eigenvalue weighted by Crippen LogP contribution is 2.55. The standard InChI is InChI=1S/C23H32N4O2/c24-23(5-6-23)21-25-12-17(19(27-21)14-3-1-2-4-14)20(28)26-18-15-7-13-8-16(18)11-22(29,9-13)10-15/h12-16,18,29H,1-11,24H2,(H,26,28). The van der Waals surface area contributed by atoms with E-state index < -0.39 is 5.60 Å². The van der Waals surface area contributed by atoms with Crippen LogP contribution in [0.1, 0.15) is 98.4 Å². The van der Waals surface area contributed by atoms with Crippen molar-refractivity contribution in [3.05, 3.63) is 23.3 Å². The van der Waals surface area contributed by atoms with Gasteiger partial charge in [-0.1, -0.05) is 12.8 Å². The predicted octanol–water partition coefficient (Wildman–Crippen LogP) is 2.75. The Hall–Kier alpha value is -1.53. The number of nitrogens with zero attached hydrogens (tertiary/aromatic N) is 2. The fourth-order valence-electron chi connectivity index (χ4n) is 7.12. The van der Waals surface area contributed by atoms with Gasteiger partial charge in [0.05, 0.1) is 22.4 Å². The van der Waals surface area contributed by atoms with Gasteiger partial charge in [0.2, 0.25) is 0 Å². The Labute approximate surface area is 172 Å². The summed E-state index contributed by atoms with van der Waals surface area (Å²) < 4.78 is 0. The Morgan fingerprint density at radius 3 is 2.45 bits per heavy atom. The van der Waals surface area contributed by atoms with E-state index in [0.29, 0.717) is 35.1 Å². The highest BCUT2D eigenvalue weighted by atomic mass is 16.3. The number of amides is 1. The molecule has 1 aromatic heterocycles. The highest BCUT2D eigenvalue weighted by molar-refractivity contribution is 5.95. The number of nitrogens with two attached hydrogens (primary N) is 1. The zero-order valence-electron chi connectivity index (χ0n) is 17.1. The average Bonchev–Trinajstić information content (AvgIpc) is 3.21. The minimum absolute atomic E-state index is 0.0234. The Morgan fingerprint density at radius 1 is 1.14 bits per heavy atom. The van der Waals surface area contributed by atoms with Crippen LogP contribution in [0.25, 0.3) is 0 Å². The topological polar surface area (TPSA) is 101 Å². The summed E-state index contributed by atoms with van der Waals surface area (Å²) in [4.78, 5) is 22.8. The van der Waals surface area contributed by atoms with Gasteiger partial charge in [0.1, 0.15) is 5.82 Å². The van der Waals surface area contributed by atoms with Crippen molar-refractivity contribution in [2.24, 2.45) is 23.5 Å². The zero-order chi connectivity index (χ0) is 19.8. The molecule has 0 aromatic carbocycles.